The van der Waals surface area contributed by atoms with Crippen LogP contribution in [-0.4, -0.2) is 38.6 Å². The third-order valence-electron chi connectivity index (χ3n) is 3.46. The standard InChI is InChI=1S/C10H12N4O4S/c1-12-8-7(9(15)13(2)10(12)16)14(5-11-8)6-3-19(17,18)4-6/h5-6H,3-4H2,1-2H3. The summed E-state index contributed by atoms with van der Waals surface area (Å²) in [7, 11) is -0.0780. The molecule has 102 valence electrons. The van der Waals surface area contributed by atoms with Gasteiger partial charge in [0, 0.05) is 14.1 Å². The minimum atomic E-state index is -2.99. The van der Waals surface area contributed by atoms with Crippen LogP contribution in [0.15, 0.2) is 15.9 Å². The van der Waals surface area contributed by atoms with E-state index in [1.165, 1.54) is 25.0 Å². The smallest absolute Gasteiger partial charge is 0.320 e. The number of rotatable bonds is 1. The molecular formula is C10H12N4O4S. The van der Waals surface area contributed by atoms with Gasteiger partial charge in [0.1, 0.15) is 0 Å². The number of imidazole rings is 1. The molecule has 0 N–H and O–H groups in total. The van der Waals surface area contributed by atoms with Crippen LogP contribution >= 0.6 is 0 Å². The van der Waals surface area contributed by atoms with E-state index in [2.05, 4.69) is 4.98 Å². The summed E-state index contributed by atoms with van der Waals surface area (Å²) in [5.41, 5.74) is -0.370. The summed E-state index contributed by atoms with van der Waals surface area (Å²) in [5.74, 6) is 0.00884. The zero-order valence-corrected chi connectivity index (χ0v) is 11.2. The molecule has 2 aromatic rings. The lowest BCUT2D eigenvalue weighted by molar-refractivity contribution is 0.512. The van der Waals surface area contributed by atoms with Gasteiger partial charge in [0.2, 0.25) is 0 Å². The van der Waals surface area contributed by atoms with Crippen LogP contribution in [0, 0.1) is 0 Å². The van der Waals surface area contributed by atoms with Crippen molar-refractivity contribution in [2.24, 2.45) is 14.1 Å². The minimum absolute atomic E-state index is 0.00442. The third-order valence-corrected chi connectivity index (χ3v) is 5.24. The van der Waals surface area contributed by atoms with Gasteiger partial charge in [0.15, 0.2) is 21.0 Å². The molecule has 2 aromatic heterocycles. The zero-order chi connectivity index (χ0) is 13.9. The fourth-order valence-corrected chi connectivity index (χ4v) is 3.74. The quantitative estimate of drug-likeness (QED) is 0.628. The van der Waals surface area contributed by atoms with E-state index in [1.807, 2.05) is 0 Å². The molecule has 0 atom stereocenters. The average molecular weight is 284 g/mol. The Morgan fingerprint density at radius 3 is 2.42 bits per heavy atom. The van der Waals surface area contributed by atoms with Crippen LogP contribution in [-0.2, 0) is 23.9 Å². The summed E-state index contributed by atoms with van der Waals surface area (Å²) in [4.78, 5) is 27.9. The first-order valence-electron chi connectivity index (χ1n) is 5.65. The number of fused-ring (bicyclic) bond motifs is 1. The van der Waals surface area contributed by atoms with E-state index in [0.29, 0.717) is 0 Å². The molecule has 19 heavy (non-hydrogen) atoms. The van der Waals surface area contributed by atoms with E-state index in [0.717, 1.165) is 4.57 Å². The molecule has 1 aliphatic rings. The van der Waals surface area contributed by atoms with Crippen LogP contribution in [0.3, 0.4) is 0 Å². The topological polar surface area (TPSA) is 96.0 Å². The number of hydrogen-bond donors (Lipinski definition) is 0. The van der Waals surface area contributed by atoms with Gasteiger partial charge in [-0.1, -0.05) is 0 Å². The van der Waals surface area contributed by atoms with Crippen molar-refractivity contribution >= 4 is 21.0 Å². The van der Waals surface area contributed by atoms with Crippen LogP contribution in [0.1, 0.15) is 6.04 Å². The monoisotopic (exact) mass is 284 g/mol. The molecule has 1 fully saturated rings. The van der Waals surface area contributed by atoms with Crippen molar-refractivity contribution in [2.75, 3.05) is 11.5 Å². The van der Waals surface area contributed by atoms with E-state index < -0.39 is 21.1 Å². The maximum atomic E-state index is 12.1. The Hall–Kier alpha value is -1.90. The van der Waals surface area contributed by atoms with Crippen molar-refractivity contribution in [3.05, 3.63) is 27.2 Å². The van der Waals surface area contributed by atoms with Crippen LogP contribution in [0.25, 0.3) is 11.2 Å². The molecule has 0 radical (unpaired) electrons. The average Bonchev–Trinajstić information content (AvgIpc) is 2.75. The van der Waals surface area contributed by atoms with Crippen molar-refractivity contribution in [2.45, 2.75) is 6.04 Å². The molecular weight excluding hydrogens is 272 g/mol. The Bertz CT molecular complexity index is 890. The van der Waals surface area contributed by atoms with Crippen LogP contribution in [0.5, 0.6) is 0 Å². The lowest BCUT2D eigenvalue weighted by atomic mass is 10.3. The summed E-state index contributed by atoms with van der Waals surface area (Å²) in [6.45, 7) is 0. The van der Waals surface area contributed by atoms with Gasteiger partial charge >= 0.3 is 5.69 Å². The molecule has 0 spiro atoms. The lowest BCUT2D eigenvalue weighted by Crippen LogP contribution is -2.41. The van der Waals surface area contributed by atoms with Gasteiger partial charge in [-0.2, -0.15) is 0 Å². The van der Waals surface area contributed by atoms with Gasteiger partial charge in [-0.3, -0.25) is 13.9 Å². The van der Waals surface area contributed by atoms with Gasteiger partial charge in [-0.15, -0.1) is 0 Å². The van der Waals surface area contributed by atoms with E-state index in [1.54, 1.807) is 4.57 Å². The highest BCUT2D eigenvalue weighted by Gasteiger charge is 2.36. The van der Waals surface area contributed by atoms with Gasteiger partial charge in [-0.05, 0) is 0 Å². The van der Waals surface area contributed by atoms with Gasteiger partial charge in [0.25, 0.3) is 5.56 Å². The molecule has 1 saturated heterocycles. The molecule has 3 heterocycles. The molecule has 0 unspecified atom stereocenters. The minimum Gasteiger partial charge on any atom is -0.320 e. The zero-order valence-electron chi connectivity index (χ0n) is 10.4. The maximum absolute atomic E-state index is 12.1. The van der Waals surface area contributed by atoms with Crippen molar-refractivity contribution in [3.63, 3.8) is 0 Å². The van der Waals surface area contributed by atoms with Gasteiger partial charge < -0.3 is 4.57 Å². The molecule has 8 nitrogen and oxygen atoms in total. The Balaban J connectivity index is 2.30. The summed E-state index contributed by atoms with van der Waals surface area (Å²) in [6.07, 6.45) is 1.42. The fourth-order valence-electron chi connectivity index (χ4n) is 2.34. The van der Waals surface area contributed by atoms with Crippen molar-refractivity contribution in [1.82, 2.24) is 18.7 Å². The SMILES string of the molecule is Cn1c(=O)c2c(ncn2C2CS(=O)(=O)C2)n(C)c1=O. The van der Waals surface area contributed by atoms with Gasteiger partial charge in [-0.25, -0.2) is 18.2 Å². The number of sulfone groups is 1. The summed E-state index contributed by atoms with van der Waals surface area (Å²) >= 11 is 0. The van der Waals surface area contributed by atoms with Crippen molar-refractivity contribution in [1.29, 1.82) is 0 Å². The molecule has 0 bridgehead atoms. The molecule has 0 aromatic carbocycles. The summed E-state index contributed by atoms with van der Waals surface area (Å²) in [5, 5.41) is 0. The fraction of sp³-hybridized carbons (Fsp3) is 0.500. The second-order valence-corrected chi connectivity index (χ2v) is 6.91. The molecule has 0 aliphatic carbocycles. The third kappa shape index (κ3) is 1.57. The molecule has 9 heteroatoms. The Labute approximate surface area is 107 Å². The second-order valence-electron chi connectivity index (χ2n) is 4.76. The first kappa shape index (κ1) is 12.2. The molecule has 1 aliphatic heterocycles. The largest absolute Gasteiger partial charge is 0.332 e. The maximum Gasteiger partial charge on any atom is 0.332 e. The summed E-state index contributed by atoms with van der Waals surface area (Å²) in [6, 6.07) is -0.278. The van der Waals surface area contributed by atoms with Crippen LogP contribution in [0.4, 0.5) is 0 Å². The van der Waals surface area contributed by atoms with E-state index in [9.17, 15) is 18.0 Å². The Kier molecular flexibility index (Phi) is 2.28. The number of nitrogens with zero attached hydrogens (tertiary/aromatic N) is 4. The number of aromatic nitrogens is 4. The molecule has 0 amide bonds. The predicted octanol–water partition coefficient (Wildman–Crippen LogP) is -1.60. The molecule has 3 rings (SSSR count). The Morgan fingerprint density at radius 1 is 1.21 bits per heavy atom. The highest BCUT2D eigenvalue weighted by Crippen LogP contribution is 2.25. The first-order valence-corrected chi connectivity index (χ1v) is 7.47. The summed E-state index contributed by atoms with van der Waals surface area (Å²) < 4.78 is 26.3. The van der Waals surface area contributed by atoms with E-state index in [4.69, 9.17) is 0 Å². The van der Waals surface area contributed by atoms with Crippen molar-refractivity contribution < 1.29 is 8.42 Å². The highest BCUT2D eigenvalue weighted by molar-refractivity contribution is 7.92. The van der Waals surface area contributed by atoms with E-state index >= 15 is 0 Å². The Morgan fingerprint density at radius 2 is 1.84 bits per heavy atom. The number of aryl methyl sites for hydroxylation is 1. The number of hydrogen-bond acceptors (Lipinski definition) is 5. The lowest BCUT2D eigenvalue weighted by Gasteiger charge is -2.27. The van der Waals surface area contributed by atoms with E-state index in [-0.39, 0.29) is 28.7 Å². The second kappa shape index (κ2) is 3.56. The first-order chi connectivity index (χ1) is 8.82. The normalized spacial score (nSPS) is 18.6. The van der Waals surface area contributed by atoms with Crippen LogP contribution < -0.4 is 11.2 Å². The van der Waals surface area contributed by atoms with Crippen LogP contribution in [0.2, 0.25) is 0 Å². The van der Waals surface area contributed by atoms with Crippen molar-refractivity contribution in [3.8, 4) is 0 Å². The van der Waals surface area contributed by atoms with Gasteiger partial charge in [0.05, 0.1) is 23.9 Å². The highest BCUT2D eigenvalue weighted by atomic mass is 32.2. The predicted molar refractivity (Wildman–Crippen MR) is 67.9 cm³/mol. The molecule has 0 saturated carbocycles.